The number of rotatable bonds is 26. The molecule has 6 atom stereocenters. The van der Waals surface area contributed by atoms with Crippen molar-refractivity contribution in [2.45, 2.75) is 166 Å². The SMILES string of the molecule is CCCC/C=C/CCCCCCCC(=O)O[C@H](COC(=O)CCCCCCCCC)CO[C@@H]1O[C@H](CO)[C@H](O)C(O)C1O. The second kappa shape index (κ2) is 25.7. The summed E-state index contributed by atoms with van der Waals surface area (Å²) in [5, 5.41) is 39.7. The number of carbonyl (C=O) groups is 2. The minimum atomic E-state index is -1.59. The molecular formula is C33H60O10. The van der Waals surface area contributed by atoms with Crippen molar-refractivity contribution in [1.29, 1.82) is 0 Å². The molecule has 4 N–H and O–H groups in total. The van der Waals surface area contributed by atoms with Gasteiger partial charge in [0.05, 0.1) is 13.2 Å². The van der Waals surface area contributed by atoms with Crippen LogP contribution in [0.1, 0.15) is 129 Å². The third kappa shape index (κ3) is 18.8. The van der Waals surface area contributed by atoms with Gasteiger partial charge in [-0.1, -0.05) is 96.6 Å². The van der Waals surface area contributed by atoms with Gasteiger partial charge >= 0.3 is 11.9 Å². The molecule has 1 aliphatic heterocycles. The van der Waals surface area contributed by atoms with Crippen molar-refractivity contribution >= 4 is 11.9 Å². The Kier molecular flexibility index (Phi) is 23.6. The maximum absolute atomic E-state index is 12.6. The van der Waals surface area contributed by atoms with Gasteiger partial charge in [-0.05, 0) is 32.1 Å². The lowest BCUT2D eigenvalue weighted by molar-refractivity contribution is -0.305. The Morgan fingerprint density at radius 3 is 1.88 bits per heavy atom. The predicted octanol–water partition coefficient (Wildman–Crippen LogP) is 4.88. The van der Waals surface area contributed by atoms with Crippen LogP contribution in [0.3, 0.4) is 0 Å². The van der Waals surface area contributed by atoms with Gasteiger partial charge in [0.2, 0.25) is 0 Å². The van der Waals surface area contributed by atoms with Crippen LogP contribution >= 0.6 is 0 Å². The maximum atomic E-state index is 12.6. The molecule has 0 aromatic heterocycles. The Hall–Kier alpha value is -1.56. The number of hydrogen-bond donors (Lipinski definition) is 4. The van der Waals surface area contributed by atoms with Gasteiger partial charge < -0.3 is 39.4 Å². The van der Waals surface area contributed by atoms with E-state index in [1.165, 1.54) is 32.1 Å². The second-order valence-electron chi connectivity index (χ2n) is 11.6. The summed E-state index contributed by atoms with van der Waals surface area (Å²) in [5.74, 6) is -0.827. The third-order valence-electron chi connectivity index (χ3n) is 7.65. The molecule has 10 heteroatoms. The molecule has 1 saturated heterocycles. The molecule has 1 rings (SSSR count). The monoisotopic (exact) mass is 616 g/mol. The number of ether oxygens (including phenoxy) is 4. The average Bonchev–Trinajstić information content (AvgIpc) is 3.00. The Balaban J connectivity index is 2.47. The molecule has 0 aromatic carbocycles. The first-order chi connectivity index (χ1) is 20.8. The first-order valence-electron chi connectivity index (χ1n) is 16.8. The van der Waals surface area contributed by atoms with Crippen LogP contribution in [0.5, 0.6) is 0 Å². The first kappa shape index (κ1) is 39.5. The molecule has 2 unspecified atom stereocenters. The molecule has 0 radical (unpaired) electrons. The third-order valence-corrected chi connectivity index (χ3v) is 7.65. The molecule has 1 aliphatic rings. The fraction of sp³-hybridized carbons (Fsp3) is 0.879. The van der Waals surface area contributed by atoms with Crippen LogP contribution in [0.4, 0.5) is 0 Å². The number of unbranched alkanes of at least 4 members (excludes halogenated alkanes) is 13. The molecule has 0 bridgehead atoms. The number of carbonyl (C=O) groups excluding carboxylic acids is 2. The van der Waals surface area contributed by atoms with E-state index in [9.17, 15) is 30.0 Å². The van der Waals surface area contributed by atoms with Crippen LogP contribution < -0.4 is 0 Å². The van der Waals surface area contributed by atoms with Crippen LogP contribution in [0, 0.1) is 0 Å². The van der Waals surface area contributed by atoms with Crippen molar-refractivity contribution in [3.05, 3.63) is 12.2 Å². The summed E-state index contributed by atoms with van der Waals surface area (Å²) in [4.78, 5) is 24.9. The average molecular weight is 617 g/mol. The van der Waals surface area contributed by atoms with Crippen LogP contribution in [0.25, 0.3) is 0 Å². The largest absolute Gasteiger partial charge is 0.462 e. The normalized spacial score (nSPS) is 23.0. The van der Waals surface area contributed by atoms with E-state index in [0.717, 1.165) is 64.2 Å². The molecule has 252 valence electrons. The quantitative estimate of drug-likeness (QED) is 0.0601. The summed E-state index contributed by atoms with van der Waals surface area (Å²) >= 11 is 0. The van der Waals surface area contributed by atoms with Gasteiger partial charge in [-0.3, -0.25) is 9.59 Å². The highest BCUT2D eigenvalue weighted by Crippen LogP contribution is 2.22. The van der Waals surface area contributed by atoms with Crippen LogP contribution in [-0.4, -0.2) is 89.0 Å². The summed E-state index contributed by atoms with van der Waals surface area (Å²) in [6.07, 6.45) is 14.0. The summed E-state index contributed by atoms with van der Waals surface area (Å²) in [6.45, 7) is 3.28. The molecule has 0 aliphatic carbocycles. The van der Waals surface area contributed by atoms with Crippen molar-refractivity contribution in [2.24, 2.45) is 0 Å². The molecule has 1 fully saturated rings. The number of allylic oxidation sites excluding steroid dienone is 2. The van der Waals surface area contributed by atoms with Crippen molar-refractivity contribution in [3.8, 4) is 0 Å². The highest BCUT2D eigenvalue weighted by molar-refractivity contribution is 5.70. The van der Waals surface area contributed by atoms with E-state index < -0.39 is 49.4 Å². The van der Waals surface area contributed by atoms with Crippen molar-refractivity contribution in [1.82, 2.24) is 0 Å². The highest BCUT2D eigenvalue weighted by atomic mass is 16.7. The molecule has 1 heterocycles. The van der Waals surface area contributed by atoms with Gasteiger partial charge in [0.15, 0.2) is 12.4 Å². The number of aliphatic hydroxyl groups is 4. The zero-order valence-corrected chi connectivity index (χ0v) is 26.7. The maximum Gasteiger partial charge on any atom is 0.306 e. The van der Waals surface area contributed by atoms with E-state index in [1.54, 1.807) is 0 Å². The summed E-state index contributed by atoms with van der Waals surface area (Å²) in [6, 6.07) is 0. The van der Waals surface area contributed by atoms with Crippen LogP contribution in [-0.2, 0) is 28.5 Å². The minimum Gasteiger partial charge on any atom is -0.462 e. The Morgan fingerprint density at radius 1 is 0.698 bits per heavy atom. The van der Waals surface area contributed by atoms with E-state index in [-0.39, 0.29) is 32.0 Å². The number of esters is 2. The number of aliphatic hydroxyl groups excluding tert-OH is 4. The van der Waals surface area contributed by atoms with Crippen LogP contribution in [0.15, 0.2) is 12.2 Å². The van der Waals surface area contributed by atoms with Crippen molar-refractivity contribution in [3.63, 3.8) is 0 Å². The zero-order valence-electron chi connectivity index (χ0n) is 26.7. The van der Waals surface area contributed by atoms with Crippen molar-refractivity contribution in [2.75, 3.05) is 19.8 Å². The van der Waals surface area contributed by atoms with Gasteiger partial charge in [-0.2, -0.15) is 0 Å². The Bertz CT molecular complexity index is 728. The van der Waals surface area contributed by atoms with Crippen LogP contribution in [0.2, 0.25) is 0 Å². The first-order valence-corrected chi connectivity index (χ1v) is 16.8. The Labute approximate surface area is 259 Å². The van der Waals surface area contributed by atoms with E-state index in [4.69, 9.17) is 18.9 Å². The lowest BCUT2D eigenvalue weighted by atomic mass is 9.99. The van der Waals surface area contributed by atoms with E-state index in [0.29, 0.717) is 6.42 Å². The van der Waals surface area contributed by atoms with E-state index >= 15 is 0 Å². The summed E-state index contributed by atoms with van der Waals surface area (Å²) in [5.41, 5.74) is 0. The topological polar surface area (TPSA) is 152 Å². The molecule has 0 saturated carbocycles. The van der Waals surface area contributed by atoms with Gasteiger partial charge in [0.1, 0.15) is 31.0 Å². The minimum absolute atomic E-state index is 0.218. The van der Waals surface area contributed by atoms with Gasteiger partial charge in [0, 0.05) is 12.8 Å². The molecule has 0 amide bonds. The van der Waals surface area contributed by atoms with E-state index in [1.807, 2.05) is 0 Å². The fourth-order valence-corrected chi connectivity index (χ4v) is 4.87. The van der Waals surface area contributed by atoms with Gasteiger partial charge in [-0.25, -0.2) is 0 Å². The Morgan fingerprint density at radius 2 is 1.26 bits per heavy atom. The predicted molar refractivity (Wildman–Crippen MR) is 164 cm³/mol. The standard InChI is InChI=1S/C33H60O10/c1-3-5-7-9-11-12-13-14-16-18-20-22-29(36)42-26(24-40-28(35)21-19-17-15-10-8-6-4-2)25-41-33-32(39)31(38)30(37)27(23-34)43-33/h9,11,26-27,30-34,37-39H,3-8,10,12-25H2,1-2H3/b11-9+/t26-,27-,30+,31?,32?,33-/m1/s1. The molecule has 10 nitrogen and oxygen atoms in total. The molecule has 0 aromatic rings. The second-order valence-corrected chi connectivity index (χ2v) is 11.6. The summed E-state index contributed by atoms with van der Waals surface area (Å²) < 4.78 is 21.9. The summed E-state index contributed by atoms with van der Waals surface area (Å²) in [7, 11) is 0. The zero-order chi connectivity index (χ0) is 31.7. The van der Waals surface area contributed by atoms with Gasteiger partial charge in [-0.15, -0.1) is 0 Å². The lowest BCUT2D eigenvalue weighted by Gasteiger charge is -2.39. The fourth-order valence-electron chi connectivity index (χ4n) is 4.87. The number of hydrogen-bond acceptors (Lipinski definition) is 10. The smallest absolute Gasteiger partial charge is 0.306 e. The van der Waals surface area contributed by atoms with Crippen molar-refractivity contribution < 1.29 is 49.0 Å². The molecular weight excluding hydrogens is 556 g/mol. The molecule has 0 spiro atoms. The van der Waals surface area contributed by atoms with E-state index in [2.05, 4.69) is 26.0 Å². The van der Waals surface area contributed by atoms with Gasteiger partial charge in [0.25, 0.3) is 0 Å². The molecule has 43 heavy (non-hydrogen) atoms. The highest BCUT2D eigenvalue weighted by Gasteiger charge is 2.44. The lowest BCUT2D eigenvalue weighted by Crippen LogP contribution is -2.59.